The van der Waals surface area contributed by atoms with E-state index in [1.165, 1.54) is 0 Å². The number of primary amides is 1. The second-order valence-electron chi connectivity index (χ2n) is 7.37. The van der Waals surface area contributed by atoms with Crippen molar-refractivity contribution in [2.75, 3.05) is 18.7 Å². The van der Waals surface area contributed by atoms with E-state index < -0.39 is 5.91 Å². The summed E-state index contributed by atoms with van der Waals surface area (Å²) in [6.45, 7) is 1.15. The van der Waals surface area contributed by atoms with Crippen LogP contribution in [0.5, 0.6) is 11.5 Å². The van der Waals surface area contributed by atoms with Crippen molar-refractivity contribution in [2.45, 2.75) is 13.1 Å². The average Bonchev–Trinajstić information content (AvgIpc) is 3.43. The summed E-state index contributed by atoms with van der Waals surface area (Å²) in [7, 11) is 0. The van der Waals surface area contributed by atoms with Gasteiger partial charge in [0.25, 0.3) is 5.91 Å². The van der Waals surface area contributed by atoms with Crippen LogP contribution in [-0.4, -0.2) is 40.0 Å². The van der Waals surface area contributed by atoms with Gasteiger partial charge in [-0.3, -0.25) is 9.48 Å². The number of rotatable bonds is 3. The zero-order valence-electron chi connectivity index (χ0n) is 16.9. The summed E-state index contributed by atoms with van der Waals surface area (Å²) in [5.41, 5.74) is 8.77. The van der Waals surface area contributed by atoms with E-state index in [4.69, 9.17) is 20.5 Å². The Balaban J connectivity index is 1.42. The first-order chi connectivity index (χ1) is 15.5. The first-order valence-corrected chi connectivity index (χ1v) is 9.89. The van der Waals surface area contributed by atoms with Crippen LogP contribution in [0.3, 0.4) is 0 Å². The number of nitrogens with one attached hydrogen (secondary N) is 1. The van der Waals surface area contributed by atoms with Crippen molar-refractivity contribution in [2.24, 2.45) is 5.73 Å². The fourth-order valence-corrected chi connectivity index (χ4v) is 3.83. The summed E-state index contributed by atoms with van der Waals surface area (Å²) >= 11 is 0. The van der Waals surface area contributed by atoms with Gasteiger partial charge in [0.2, 0.25) is 6.79 Å². The molecule has 0 fully saturated rings. The van der Waals surface area contributed by atoms with Crippen LogP contribution in [-0.2, 0) is 13.1 Å². The molecule has 0 radical (unpaired) electrons. The summed E-state index contributed by atoms with van der Waals surface area (Å²) < 4.78 is 12.5. The molecule has 0 saturated heterocycles. The van der Waals surface area contributed by atoms with Crippen molar-refractivity contribution in [3.8, 4) is 28.8 Å². The van der Waals surface area contributed by atoms with Gasteiger partial charge in [0.15, 0.2) is 11.5 Å². The zero-order chi connectivity index (χ0) is 22.2. The number of carbonyl (C=O) groups excluding carboxylic acids is 2. The highest BCUT2D eigenvalue weighted by Gasteiger charge is 2.30. The highest BCUT2D eigenvalue weighted by atomic mass is 16.7. The molecule has 0 saturated carbocycles. The molecule has 3 N–H and O–H groups in total. The highest BCUT2D eigenvalue weighted by Crippen LogP contribution is 2.37. The molecule has 3 heterocycles. The summed E-state index contributed by atoms with van der Waals surface area (Å²) in [5, 5.41) is 16.3. The quantitative estimate of drug-likeness (QED) is 0.654. The van der Waals surface area contributed by atoms with Gasteiger partial charge in [0.05, 0.1) is 36.0 Å². The number of aromatic nitrogens is 2. The largest absolute Gasteiger partial charge is 0.454 e. The number of nitrogens with two attached hydrogens (primary N) is 1. The van der Waals surface area contributed by atoms with E-state index in [-0.39, 0.29) is 24.9 Å². The zero-order valence-corrected chi connectivity index (χ0v) is 16.9. The molecule has 0 bridgehead atoms. The van der Waals surface area contributed by atoms with Crippen LogP contribution in [0.15, 0.2) is 42.5 Å². The van der Waals surface area contributed by atoms with Crippen LogP contribution in [0.1, 0.15) is 21.6 Å². The number of carbonyl (C=O) groups is 2. The number of ether oxygens (including phenoxy) is 2. The number of amides is 3. The van der Waals surface area contributed by atoms with E-state index in [1.807, 2.05) is 6.07 Å². The second kappa shape index (κ2) is 7.63. The van der Waals surface area contributed by atoms with Crippen LogP contribution in [0, 0.1) is 11.3 Å². The molecule has 2 aromatic carbocycles. The lowest BCUT2D eigenvalue weighted by Gasteiger charge is -2.28. The monoisotopic (exact) mass is 430 g/mol. The molecular formula is C22H18N6O4. The van der Waals surface area contributed by atoms with E-state index in [1.54, 1.807) is 52.0 Å². The van der Waals surface area contributed by atoms with E-state index >= 15 is 0 Å². The van der Waals surface area contributed by atoms with Gasteiger partial charge >= 0.3 is 6.03 Å². The van der Waals surface area contributed by atoms with Gasteiger partial charge in [-0.25, -0.2) is 4.79 Å². The van der Waals surface area contributed by atoms with Crippen LogP contribution < -0.4 is 20.5 Å². The third-order valence-corrected chi connectivity index (χ3v) is 5.42. The molecule has 2 aliphatic heterocycles. The molecule has 1 aromatic heterocycles. The molecule has 3 aromatic rings. The van der Waals surface area contributed by atoms with Crippen molar-refractivity contribution in [3.05, 3.63) is 59.3 Å². The molecule has 0 unspecified atom stereocenters. The van der Waals surface area contributed by atoms with Gasteiger partial charge in [0.1, 0.15) is 5.69 Å². The summed E-state index contributed by atoms with van der Waals surface area (Å²) in [6.07, 6.45) is 0. The Morgan fingerprint density at radius 2 is 1.88 bits per heavy atom. The highest BCUT2D eigenvalue weighted by molar-refractivity contribution is 6.00. The van der Waals surface area contributed by atoms with E-state index in [9.17, 15) is 9.59 Å². The maximum absolute atomic E-state index is 12.8. The van der Waals surface area contributed by atoms with Gasteiger partial charge in [-0.05, 0) is 42.5 Å². The predicted octanol–water partition coefficient (Wildman–Crippen LogP) is 2.30. The lowest BCUT2D eigenvalue weighted by atomic mass is 10.0. The lowest BCUT2D eigenvalue weighted by molar-refractivity contribution is 0.0997. The van der Waals surface area contributed by atoms with Gasteiger partial charge in [-0.2, -0.15) is 10.4 Å². The second-order valence-corrected chi connectivity index (χ2v) is 7.37. The maximum Gasteiger partial charge on any atom is 0.322 e. The van der Waals surface area contributed by atoms with Gasteiger partial charge in [0, 0.05) is 17.8 Å². The average molecular weight is 430 g/mol. The molecular weight excluding hydrogens is 412 g/mol. The number of anilines is 1. The summed E-state index contributed by atoms with van der Waals surface area (Å²) in [4.78, 5) is 26.7. The fourth-order valence-electron chi connectivity index (χ4n) is 3.83. The number of urea groups is 1. The molecule has 5 rings (SSSR count). The predicted molar refractivity (Wildman–Crippen MR) is 113 cm³/mol. The SMILES string of the molecule is N#Cc1ccc(NC(=O)N2CCn3nc(-c4ccc5c(c4)OCO5)c(C(N)=O)c3C2)cc1. The van der Waals surface area contributed by atoms with Gasteiger partial charge < -0.3 is 25.4 Å². The molecule has 0 aliphatic carbocycles. The number of nitrogens with zero attached hydrogens (tertiary/aromatic N) is 4. The van der Waals surface area contributed by atoms with Crippen molar-refractivity contribution in [1.82, 2.24) is 14.7 Å². The van der Waals surface area contributed by atoms with E-state index in [0.29, 0.717) is 52.8 Å². The number of hydrogen-bond donors (Lipinski definition) is 2. The summed E-state index contributed by atoms with van der Waals surface area (Å²) in [5.74, 6) is 0.588. The third-order valence-electron chi connectivity index (χ3n) is 5.42. The molecule has 160 valence electrons. The van der Waals surface area contributed by atoms with Crippen LogP contribution >= 0.6 is 0 Å². The Kier molecular flexibility index (Phi) is 4.63. The normalized spacial score (nSPS) is 13.9. The fraction of sp³-hybridized carbons (Fsp3) is 0.182. The number of benzene rings is 2. The number of fused-ring (bicyclic) bond motifs is 2. The minimum atomic E-state index is -0.617. The lowest BCUT2D eigenvalue weighted by Crippen LogP contribution is -2.41. The third kappa shape index (κ3) is 3.35. The molecule has 32 heavy (non-hydrogen) atoms. The van der Waals surface area contributed by atoms with Crippen LogP contribution in [0.2, 0.25) is 0 Å². The Morgan fingerprint density at radius 3 is 2.62 bits per heavy atom. The van der Waals surface area contributed by atoms with Crippen molar-refractivity contribution in [1.29, 1.82) is 5.26 Å². The molecule has 0 atom stereocenters. The minimum Gasteiger partial charge on any atom is -0.454 e. The molecule has 0 spiro atoms. The molecule has 10 nitrogen and oxygen atoms in total. The Hall–Kier alpha value is -4.52. The van der Waals surface area contributed by atoms with Crippen LogP contribution in [0.25, 0.3) is 11.3 Å². The van der Waals surface area contributed by atoms with Gasteiger partial charge in [-0.1, -0.05) is 0 Å². The van der Waals surface area contributed by atoms with E-state index in [0.717, 1.165) is 0 Å². The first kappa shape index (κ1) is 19.4. The van der Waals surface area contributed by atoms with Gasteiger partial charge in [-0.15, -0.1) is 0 Å². The summed E-state index contributed by atoms with van der Waals surface area (Å²) in [6, 6.07) is 13.6. The topological polar surface area (TPSA) is 136 Å². The number of nitriles is 1. The Morgan fingerprint density at radius 1 is 1.09 bits per heavy atom. The standard InChI is InChI=1S/C22H18N6O4/c23-10-13-1-4-15(5-2-13)25-22(30)27-7-8-28-16(11-27)19(21(24)29)20(26-28)14-3-6-17-18(9-14)32-12-31-17/h1-6,9H,7-8,11-12H2,(H2,24,29)(H,25,30). The number of hydrogen-bond acceptors (Lipinski definition) is 6. The first-order valence-electron chi connectivity index (χ1n) is 9.89. The van der Waals surface area contributed by atoms with E-state index in [2.05, 4.69) is 10.4 Å². The van der Waals surface area contributed by atoms with Crippen molar-refractivity contribution < 1.29 is 19.1 Å². The van der Waals surface area contributed by atoms with Crippen molar-refractivity contribution >= 4 is 17.6 Å². The molecule has 10 heteroatoms. The molecule has 3 amide bonds. The Bertz CT molecular complexity index is 1270. The minimum absolute atomic E-state index is 0.143. The van der Waals surface area contributed by atoms with Crippen LogP contribution in [0.4, 0.5) is 10.5 Å². The maximum atomic E-state index is 12.8. The van der Waals surface area contributed by atoms with Crippen molar-refractivity contribution in [3.63, 3.8) is 0 Å². The smallest absolute Gasteiger partial charge is 0.322 e. The molecule has 2 aliphatic rings. The Labute approximate surface area is 182 Å².